The number of anilines is 1. The molecule has 0 bridgehead atoms. The SMILES string of the molecule is COCC(O)CN(C)c1cccc(F)c1[C@@H](C)N. The van der Waals surface area contributed by atoms with Crippen LogP contribution in [0.1, 0.15) is 18.5 Å². The molecule has 0 saturated carbocycles. The van der Waals surface area contributed by atoms with Crippen LogP contribution in [0.4, 0.5) is 10.1 Å². The second-order valence-corrected chi connectivity index (χ2v) is 4.45. The zero-order valence-electron chi connectivity index (χ0n) is 11.1. The van der Waals surface area contributed by atoms with E-state index < -0.39 is 12.1 Å². The highest BCUT2D eigenvalue weighted by Gasteiger charge is 2.17. The van der Waals surface area contributed by atoms with Crippen LogP contribution >= 0.6 is 0 Å². The van der Waals surface area contributed by atoms with Gasteiger partial charge in [0.15, 0.2) is 0 Å². The standard InChI is InChI=1S/C13H21FN2O2/c1-9(15)13-11(14)5-4-6-12(13)16(2)7-10(17)8-18-3/h4-6,9-10,17H,7-8,15H2,1-3H3/t9-,10?/m1/s1. The van der Waals surface area contributed by atoms with Crippen molar-refractivity contribution in [1.82, 2.24) is 0 Å². The Balaban J connectivity index is 2.91. The molecule has 0 aromatic heterocycles. The average molecular weight is 256 g/mol. The summed E-state index contributed by atoms with van der Waals surface area (Å²) in [5, 5.41) is 9.69. The molecule has 0 aliphatic heterocycles. The average Bonchev–Trinajstić information content (AvgIpc) is 2.28. The van der Waals surface area contributed by atoms with Crippen LogP contribution in [0.5, 0.6) is 0 Å². The maximum atomic E-state index is 13.8. The van der Waals surface area contributed by atoms with Crippen LogP contribution in [0.2, 0.25) is 0 Å². The first kappa shape index (κ1) is 14.9. The Morgan fingerprint density at radius 3 is 2.72 bits per heavy atom. The first-order chi connectivity index (χ1) is 8.47. The molecule has 0 heterocycles. The summed E-state index contributed by atoms with van der Waals surface area (Å²) in [7, 11) is 3.32. The topological polar surface area (TPSA) is 58.7 Å². The number of aliphatic hydroxyl groups excluding tert-OH is 1. The van der Waals surface area contributed by atoms with E-state index in [1.165, 1.54) is 13.2 Å². The number of methoxy groups -OCH3 is 1. The van der Waals surface area contributed by atoms with Crippen LogP contribution in [0, 0.1) is 5.82 Å². The van der Waals surface area contributed by atoms with Gasteiger partial charge in [0.25, 0.3) is 0 Å². The van der Waals surface area contributed by atoms with Gasteiger partial charge < -0.3 is 20.5 Å². The number of rotatable bonds is 6. The summed E-state index contributed by atoms with van der Waals surface area (Å²) in [5.74, 6) is -0.324. The van der Waals surface area contributed by atoms with Crippen molar-refractivity contribution in [1.29, 1.82) is 0 Å². The second kappa shape index (κ2) is 6.68. The highest BCUT2D eigenvalue weighted by molar-refractivity contribution is 5.55. The summed E-state index contributed by atoms with van der Waals surface area (Å²) in [5.41, 5.74) is 6.95. The molecule has 1 rings (SSSR count). The molecule has 0 radical (unpaired) electrons. The van der Waals surface area contributed by atoms with E-state index in [9.17, 15) is 9.50 Å². The van der Waals surface area contributed by atoms with E-state index in [0.29, 0.717) is 17.8 Å². The molecule has 0 amide bonds. The number of nitrogens with two attached hydrogens (primary N) is 1. The molecule has 102 valence electrons. The lowest BCUT2D eigenvalue weighted by Crippen LogP contribution is -2.33. The molecule has 1 unspecified atom stereocenters. The molecule has 18 heavy (non-hydrogen) atoms. The van der Waals surface area contributed by atoms with Gasteiger partial charge in [0.1, 0.15) is 5.82 Å². The Kier molecular flexibility index (Phi) is 5.53. The molecule has 1 aromatic rings. The summed E-state index contributed by atoms with van der Waals surface area (Å²) in [6.45, 7) is 2.34. The van der Waals surface area contributed by atoms with E-state index in [1.54, 1.807) is 31.0 Å². The number of ether oxygens (including phenoxy) is 1. The molecule has 1 aromatic carbocycles. The Bertz CT molecular complexity index is 385. The third-order valence-corrected chi connectivity index (χ3v) is 2.74. The van der Waals surface area contributed by atoms with Crippen molar-refractivity contribution in [3.8, 4) is 0 Å². The third kappa shape index (κ3) is 3.66. The molecule has 0 saturated heterocycles. The highest BCUT2D eigenvalue weighted by atomic mass is 19.1. The Morgan fingerprint density at radius 1 is 1.50 bits per heavy atom. The lowest BCUT2D eigenvalue weighted by Gasteiger charge is -2.26. The number of halogens is 1. The number of aliphatic hydroxyl groups is 1. The fourth-order valence-corrected chi connectivity index (χ4v) is 1.97. The van der Waals surface area contributed by atoms with Crippen LogP contribution < -0.4 is 10.6 Å². The zero-order chi connectivity index (χ0) is 13.7. The largest absolute Gasteiger partial charge is 0.389 e. The fraction of sp³-hybridized carbons (Fsp3) is 0.538. The van der Waals surface area contributed by atoms with Crippen molar-refractivity contribution in [3.63, 3.8) is 0 Å². The smallest absolute Gasteiger partial charge is 0.130 e. The number of hydrogen-bond donors (Lipinski definition) is 2. The second-order valence-electron chi connectivity index (χ2n) is 4.45. The van der Waals surface area contributed by atoms with Crippen molar-refractivity contribution in [2.24, 2.45) is 5.73 Å². The van der Waals surface area contributed by atoms with Crippen LogP contribution in [0.25, 0.3) is 0 Å². The van der Waals surface area contributed by atoms with Crippen molar-refractivity contribution in [2.45, 2.75) is 19.1 Å². The molecule has 5 heteroatoms. The summed E-state index contributed by atoms with van der Waals surface area (Å²) in [6.07, 6.45) is -0.621. The van der Waals surface area contributed by atoms with E-state index in [-0.39, 0.29) is 12.4 Å². The molecular weight excluding hydrogens is 235 g/mol. The quantitative estimate of drug-likeness (QED) is 0.805. The molecular formula is C13H21FN2O2. The number of nitrogens with zero attached hydrogens (tertiary/aromatic N) is 1. The lowest BCUT2D eigenvalue weighted by molar-refractivity contribution is 0.0695. The summed E-state index contributed by atoms with van der Waals surface area (Å²) >= 11 is 0. The van der Waals surface area contributed by atoms with Gasteiger partial charge >= 0.3 is 0 Å². The van der Waals surface area contributed by atoms with E-state index in [1.807, 2.05) is 0 Å². The Hall–Kier alpha value is -1.17. The molecule has 0 spiro atoms. The number of hydrogen-bond acceptors (Lipinski definition) is 4. The van der Waals surface area contributed by atoms with Crippen LogP contribution in [0.15, 0.2) is 18.2 Å². The fourth-order valence-electron chi connectivity index (χ4n) is 1.97. The predicted octanol–water partition coefficient (Wildman–Crippen LogP) is 1.29. The maximum Gasteiger partial charge on any atom is 0.130 e. The predicted molar refractivity (Wildman–Crippen MR) is 70.2 cm³/mol. The molecule has 4 nitrogen and oxygen atoms in total. The number of benzene rings is 1. The van der Waals surface area contributed by atoms with Crippen LogP contribution in [-0.2, 0) is 4.74 Å². The maximum absolute atomic E-state index is 13.8. The van der Waals surface area contributed by atoms with Gasteiger partial charge in [0.2, 0.25) is 0 Å². The van der Waals surface area contributed by atoms with Crippen molar-refractivity contribution >= 4 is 5.69 Å². The third-order valence-electron chi connectivity index (χ3n) is 2.74. The van der Waals surface area contributed by atoms with Gasteiger partial charge in [0, 0.05) is 38.0 Å². The van der Waals surface area contributed by atoms with Gasteiger partial charge in [-0.05, 0) is 19.1 Å². The summed E-state index contributed by atoms with van der Waals surface area (Å²) < 4.78 is 18.6. The van der Waals surface area contributed by atoms with E-state index >= 15 is 0 Å². The number of likely N-dealkylation sites (N-methyl/N-ethyl adjacent to an activating group) is 1. The van der Waals surface area contributed by atoms with Gasteiger partial charge in [-0.1, -0.05) is 6.07 Å². The van der Waals surface area contributed by atoms with Gasteiger partial charge in [0.05, 0.1) is 12.7 Å². The van der Waals surface area contributed by atoms with Crippen molar-refractivity contribution < 1.29 is 14.2 Å². The van der Waals surface area contributed by atoms with Gasteiger partial charge in [-0.25, -0.2) is 4.39 Å². The van der Waals surface area contributed by atoms with Gasteiger partial charge in [-0.3, -0.25) is 0 Å². The lowest BCUT2D eigenvalue weighted by atomic mass is 10.0. The minimum absolute atomic E-state index is 0.243. The summed E-state index contributed by atoms with van der Waals surface area (Å²) in [4.78, 5) is 1.78. The van der Waals surface area contributed by atoms with Gasteiger partial charge in [-0.2, -0.15) is 0 Å². The first-order valence-electron chi connectivity index (χ1n) is 5.89. The van der Waals surface area contributed by atoms with Crippen molar-refractivity contribution in [2.75, 3.05) is 32.2 Å². The monoisotopic (exact) mass is 256 g/mol. The van der Waals surface area contributed by atoms with Crippen LogP contribution in [0.3, 0.4) is 0 Å². The summed E-state index contributed by atoms with van der Waals surface area (Å²) in [6, 6.07) is 4.42. The Labute approximate surface area is 107 Å². The van der Waals surface area contributed by atoms with E-state index in [0.717, 1.165) is 0 Å². The minimum atomic E-state index is -0.621. The molecule has 3 N–H and O–H groups in total. The normalized spacial score (nSPS) is 14.3. The molecule has 0 fully saturated rings. The molecule has 0 aliphatic rings. The first-order valence-corrected chi connectivity index (χ1v) is 5.89. The van der Waals surface area contributed by atoms with E-state index in [4.69, 9.17) is 10.5 Å². The molecule has 0 aliphatic carbocycles. The highest BCUT2D eigenvalue weighted by Crippen LogP contribution is 2.27. The van der Waals surface area contributed by atoms with Crippen molar-refractivity contribution in [3.05, 3.63) is 29.6 Å². The Morgan fingerprint density at radius 2 is 2.17 bits per heavy atom. The minimum Gasteiger partial charge on any atom is -0.389 e. The van der Waals surface area contributed by atoms with Crippen LogP contribution in [-0.4, -0.2) is 38.5 Å². The zero-order valence-corrected chi connectivity index (χ0v) is 11.1. The molecule has 2 atom stereocenters. The van der Waals surface area contributed by atoms with Gasteiger partial charge in [-0.15, -0.1) is 0 Å². The van der Waals surface area contributed by atoms with E-state index in [2.05, 4.69) is 0 Å².